The molecule has 0 bridgehead atoms. The summed E-state index contributed by atoms with van der Waals surface area (Å²) >= 11 is 1.88. The minimum atomic E-state index is 0.516. The number of ether oxygens (including phenoxy) is 1. The van der Waals surface area contributed by atoms with Gasteiger partial charge in [0.1, 0.15) is 12.0 Å². The molecule has 23 heavy (non-hydrogen) atoms. The Balaban J connectivity index is 1.79. The second kappa shape index (κ2) is 7.39. The average Bonchev–Trinajstić information content (AvgIpc) is 2.62. The van der Waals surface area contributed by atoms with Crippen LogP contribution in [0.5, 0.6) is 5.75 Å². The van der Waals surface area contributed by atoms with Crippen molar-refractivity contribution in [3.05, 3.63) is 64.7 Å². The van der Waals surface area contributed by atoms with Crippen molar-refractivity contribution in [2.75, 3.05) is 12.9 Å². The largest absolute Gasteiger partial charge is 0.493 e. The zero-order valence-electron chi connectivity index (χ0n) is 13.0. The van der Waals surface area contributed by atoms with E-state index in [1.807, 2.05) is 23.9 Å². The number of rotatable bonds is 3. The monoisotopic (exact) mass is 322 g/mol. The van der Waals surface area contributed by atoms with Crippen LogP contribution in [0.2, 0.25) is 0 Å². The summed E-state index contributed by atoms with van der Waals surface area (Å²) in [6, 6.07) is 13.7. The molecule has 0 spiro atoms. The first-order valence-electron chi connectivity index (χ1n) is 7.63. The van der Waals surface area contributed by atoms with Crippen LogP contribution in [0.25, 0.3) is 0 Å². The lowest BCUT2D eigenvalue weighted by Crippen LogP contribution is -2.13. The van der Waals surface area contributed by atoms with Gasteiger partial charge in [-0.15, -0.1) is 0 Å². The zero-order valence-corrected chi connectivity index (χ0v) is 13.9. The third-order valence-electron chi connectivity index (χ3n) is 3.94. The number of thioether (sulfide) groups is 1. The van der Waals surface area contributed by atoms with E-state index in [0.29, 0.717) is 17.2 Å². The number of hydrogen-bond donors (Lipinski definition) is 0. The van der Waals surface area contributed by atoms with Crippen molar-refractivity contribution in [2.45, 2.75) is 18.1 Å². The molecule has 1 heterocycles. The fourth-order valence-electron chi connectivity index (χ4n) is 2.73. The topological polar surface area (TPSA) is 26.3 Å². The number of para-hydroxylation sites is 1. The lowest BCUT2D eigenvalue weighted by molar-refractivity contribution is 0.112. The summed E-state index contributed by atoms with van der Waals surface area (Å²) in [6.07, 6.45) is 4.72. The molecule has 0 fully saturated rings. The van der Waals surface area contributed by atoms with Crippen molar-refractivity contribution >= 4 is 18.0 Å². The van der Waals surface area contributed by atoms with Crippen LogP contribution in [0.4, 0.5) is 0 Å². The Morgan fingerprint density at radius 3 is 2.83 bits per heavy atom. The van der Waals surface area contributed by atoms with Gasteiger partial charge in [-0.2, -0.15) is 11.8 Å². The van der Waals surface area contributed by atoms with Crippen LogP contribution in [-0.2, 0) is 6.42 Å². The number of aldehydes is 1. The summed E-state index contributed by atoms with van der Waals surface area (Å²) in [5.41, 5.74) is 4.03. The van der Waals surface area contributed by atoms with Gasteiger partial charge in [0.25, 0.3) is 0 Å². The van der Waals surface area contributed by atoms with Crippen molar-refractivity contribution in [1.82, 2.24) is 0 Å². The lowest BCUT2D eigenvalue weighted by atomic mass is 10.00. The van der Waals surface area contributed by atoms with Gasteiger partial charge in [0.05, 0.1) is 6.61 Å². The van der Waals surface area contributed by atoms with E-state index >= 15 is 0 Å². The molecule has 1 unspecified atom stereocenters. The van der Waals surface area contributed by atoms with E-state index in [4.69, 9.17) is 4.74 Å². The van der Waals surface area contributed by atoms with Crippen LogP contribution >= 0.6 is 11.8 Å². The Hall–Kier alpha value is -2.18. The summed E-state index contributed by atoms with van der Waals surface area (Å²) in [4.78, 5) is 10.7. The number of benzene rings is 2. The lowest BCUT2D eigenvalue weighted by Gasteiger charge is -2.26. The van der Waals surface area contributed by atoms with E-state index in [-0.39, 0.29) is 0 Å². The summed E-state index contributed by atoms with van der Waals surface area (Å²) < 4.78 is 5.90. The van der Waals surface area contributed by atoms with Gasteiger partial charge in [0.15, 0.2) is 0 Å². The highest BCUT2D eigenvalue weighted by atomic mass is 32.2. The van der Waals surface area contributed by atoms with E-state index in [1.165, 1.54) is 5.56 Å². The quantitative estimate of drug-likeness (QED) is 0.623. The molecule has 0 aromatic heterocycles. The van der Waals surface area contributed by atoms with Crippen LogP contribution in [0.3, 0.4) is 0 Å². The molecule has 2 nitrogen and oxygen atoms in total. The van der Waals surface area contributed by atoms with Gasteiger partial charge in [-0.25, -0.2) is 0 Å². The van der Waals surface area contributed by atoms with Crippen LogP contribution < -0.4 is 4.74 Å². The highest BCUT2D eigenvalue weighted by Gasteiger charge is 2.22. The Labute approximate surface area is 141 Å². The molecule has 2 aromatic rings. The first-order valence-corrected chi connectivity index (χ1v) is 8.92. The van der Waals surface area contributed by atoms with Crippen molar-refractivity contribution in [2.24, 2.45) is 0 Å². The first kappa shape index (κ1) is 15.7. The van der Waals surface area contributed by atoms with Gasteiger partial charge < -0.3 is 4.74 Å². The molecule has 0 saturated carbocycles. The molecule has 1 aliphatic rings. The van der Waals surface area contributed by atoms with E-state index in [0.717, 1.165) is 36.2 Å². The predicted octanol–water partition coefficient (Wildman–Crippen LogP) is 4.28. The van der Waals surface area contributed by atoms with Gasteiger partial charge >= 0.3 is 0 Å². The fraction of sp³-hybridized carbons (Fsp3) is 0.250. The SMILES string of the molecule is CSC1CCOc2c(CC#Cc3ccc(C=O)cc3)cccc21. The maximum atomic E-state index is 10.7. The van der Waals surface area contributed by atoms with Crippen molar-refractivity contribution in [3.63, 3.8) is 0 Å². The molecule has 0 amide bonds. The Kier molecular flexibility index (Phi) is 5.05. The molecule has 0 radical (unpaired) electrons. The normalized spacial score (nSPS) is 15.8. The third kappa shape index (κ3) is 3.60. The molecule has 3 heteroatoms. The number of hydrogen-bond acceptors (Lipinski definition) is 3. The molecule has 0 N–H and O–H groups in total. The second-order valence-electron chi connectivity index (χ2n) is 5.42. The standard InChI is InChI=1S/C20H18O2S/c1-23-19-12-13-22-20-17(6-3-7-18(19)20)5-2-4-15-8-10-16(14-21)11-9-15/h3,6-11,14,19H,5,12-13H2,1H3. The first-order chi connectivity index (χ1) is 11.3. The highest BCUT2D eigenvalue weighted by Crippen LogP contribution is 2.41. The van der Waals surface area contributed by atoms with Gasteiger partial charge in [0.2, 0.25) is 0 Å². The Morgan fingerprint density at radius 1 is 1.26 bits per heavy atom. The average molecular weight is 322 g/mol. The molecule has 1 atom stereocenters. The summed E-state index contributed by atoms with van der Waals surface area (Å²) in [5.74, 6) is 7.38. The molecule has 0 aliphatic carbocycles. The van der Waals surface area contributed by atoms with Gasteiger partial charge in [-0.1, -0.05) is 42.2 Å². The summed E-state index contributed by atoms with van der Waals surface area (Å²) in [7, 11) is 0. The maximum Gasteiger partial charge on any atom is 0.150 e. The van der Waals surface area contributed by atoms with Crippen molar-refractivity contribution in [3.8, 4) is 17.6 Å². The van der Waals surface area contributed by atoms with Crippen molar-refractivity contribution in [1.29, 1.82) is 0 Å². The fourth-order valence-corrected chi connectivity index (χ4v) is 3.50. The predicted molar refractivity (Wildman–Crippen MR) is 95.2 cm³/mol. The van der Waals surface area contributed by atoms with Gasteiger partial charge in [-0.3, -0.25) is 4.79 Å². The third-order valence-corrected chi connectivity index (χ3v) is 5.00. The summed E-state index contributed by atoms with van der Waals surface area (Å²) in [6.45, 7) is 0.774. The molecule has 0 saturated heterocycles. The minimum Gasteiger partial charge on any atom is -0.493 e. The Bertz CT molecular complexity index is 753. The number of carbonyl (C=O) groups excluding carboxylic acids is 1. The van der Waals surface area contributed by atoms with Crippen molar-refractivity contribution < 1.29 is 9.53 Å². The molecule has 2 aromatic carbocycles. The van der Waals surface area contributed by atoms with Crippen LogP contribution in [0.1, 0.15) is 38.7 Å². The van der Waals surface area contributed by atoms with E-state index in [2.05, 4.69) is 36.3 Å². The zero-order chi connectivity index (χ0) is 16.1. The number of fused-ring (bicyclic) bond motifs is 1. The Morgan fingerprint density at radius 2 is 2.09 bits per heavy atom. The molecule has 3 rings (SSSR count). The smallest absolute Gasteiger partial charge is 0.150 e. The van der Waals surface area contributed by atoms with Crippen LogP contribution in [0, 0.1) is 11.8 Å². The number of carbonyl (C=O) groups is 1. The van der Waals surface area contributed by atoms with E-state index in [1.54, 1.807) is 12.1 Å². The highest BCUT2D eigenvalue weighted by molar-refractivity contribution is 7.98. The molecular weight excluding hydrogens is 304 g/mol. The van der Waals surface area contributed by atoms with Gasteiger partial charge in [0, 0.05) is 33.9 Å². The summed E-state index contributed by atoms with van der Waals surface area (Å²) in [5, 5.41) is 0.516. The maximum absolute atomic E-state index is 10.7. The minimum absolute atomic E-state index is 0.516. The van der Waals surface area contributed by atoms with Crippen LogP contribution in [0.15, 0.2) is 42.5 Å². The molecule has 116 valence electrons. The van der Waals surface area contributed by atoms with Gasteiger partial charge in [-0.05, 0) is 24.8 Å². The van der Waals surface area contributed by atoms with Crippen LogP contribution in [-0.4, -0.2) is 19.1 Å². The van der Waals surface area contributed by atoms with E-state index < -0.39 is 0 Å². The van der Waals surface area contributed by atoms with E-state index in [9.17, 15) is 4.79 Å². The molecule has 1 aliphatic heterocycles. The molecular formula is C20H18O2S. The second-order valence-corrected chi connectivity index (χ2v) is 6.46.